The normalized spacial score (nSPS) is 13.8. The molecule has 1 aliphatic heterocycles. The van der Waals surface area contributed by atoms with E-state index < -0.39 is 0 Å². The molecule has 2 aromatic heterocycles. The molecular formula is C29H27ClN4O4. The van der Waals surface area contributed by atoms with Gasteiger partial charge in [-0.25, -0.2) is 4.98 Å². The number of halogens is 1. The summed E-state index contributed by atoms with van der Waals surface area (Å²) in [5.74, 6) is 0.947. The lowest BCUT2D eigenvalue weighted by Crippen LogP contribution is -2.40. The van der Waals surface area contributed by atoms with E-state index in [-0.39, 0.29) is 11.8 Å². The summed E-state index contributed by atoms with van der Waals surface area (Å²) in [6.07, 6.45) is 5.25. The number of nitrogen functional groups attached to an aromatic ring is 1. The highest BCUT2D eigenvalue weighted by Crippen LogP contribution is 2.33. The molecule has 4 aromatic rings. The van der Waals surface area contributed by atoms with E-state index in [9.17, 15) is 9.59 Å². The van der Waals surface area contributed by atoms with Gasteiger partial charge in [0, 0.05) is 49.3 Å². The van der Waals surface area contributed by atoms with Gasteiger partial charge in [-0.05, 0) is 65.2 Å². The van der Waals surface area contributed by atoms with Crippen LogP contribution in [0.1, 0.15) is 21.7 Å². The number of carbonyl (C=O) groups excluding carboxylic acids is 2. The summed E-state index contributed by atoms with van der Waals surface area (Å²) >= 11 is 6.54. The summed E-state index contributed by atoms with van der Waals surface area (Å²) in [6, 6.07) is 16.8. The van der Waals surface area contributed by atoms with Crippen LogP contribution in [-0.2, 0) is 16.0 Å². The van der Waals surface area contributed by atoms with Crippen LogP contribution in [0.2, 0.25) is 5.02 Å². The zero-order valence-corrected chi connectivity index (χ0v) is 21.4. The van der Waals surface area contributed by atoms with Crippen LogP contribution in [0, 0.1) is 0 Å². The van der Waals surface area contributed by atoms with Gasteiger partial charge in [-0.3, -0.25) is 9.59 Å². The lowest BCUT2D eigenvalue weighted by atomic mass is 10.0. The number of morpholine rings is 1. The van der Waals surface area contributed by atoms with Crippen LogP contribution in [0.3, 0.4) is 0 Å². The number of pyridine rings is 1. The molecule has 8 nitrogen and oxygen atoms in total. The first-order valence-electron chi connectivity index (χ1n) is 12.3. The number of fused-ring (bicyclic) bond motifs is 1. The number of ether oxygens (including phenoxy) is 1. The van der Waals surface area contributed by atoms with E-state index in [4.69, 9.17) is 26.5 Å². The minimum atomic E-state index is -0.214. The smallest absolute Gasteiger partial charge is 0.254 e. The molecule has 0 radical (unpaired) electrons. The fourth-order valence-electron chi connectivity index (χ4n) is 4.26. The topological polar surface area (TPSA) is 111 Å². The van der Waals surface area contributed by atoms with Crippen molar-refractivity contribution in [2.45, 2.75) is 6.42 Å². The van der Waals surface area contributed by atoms with E-state index in [2.05, 4.69) is 10.3 Å². The van der Waals surface area contributed by atoms with Crippen LogP contribution in [-0.4, -0.2) is 54.5 Å². The molecule has 1 saturated heterocycles. The molecule has 1 fully saturated rings. The van der Waals surface area contributed by atoms with Crippen molar-refractivity contribution in [3.05, 3.63) is 88.8 Å². The van der Waals surface area contributed by atoms with Crippen molar-refractivity contribution < 1.29 is 18.7 Å². The largest absolute Gasteiger partial charge is 0.459 e. The highest BCUT2D eigenvalue weighted by Gasteiger charge is 2.18. The Morgan fingerprint density at radius 1 is 1.05 bits per heavy atom. The molecule has 1 aliphatic rings. The monoisotopic (exact) mass is 530 g/mol. The van der Waals surface area contributed by atoms with Gasteiger partial charge in [0.1, 0.15) is 11.6 Å². The summed E-state index contributed by atoms with van der Waals surface area (Å²) in [5.41, 5.74) is 9.49. The Balaban J connectivity index is 1.21. The third-order valence-electron chi connectivity index (χ3n) is 6.29. The molecule has 0 atom stereocenters. The Morgan fingerprint density at radius 3 is 2.58 bits per heavy atom. The molecule has 5 rings (SSSR count). The van der Waals surface area contributed by atoms with Gasteiger partial charge in [0.25, 0.3) is 5.91 Å². The average Bonchev–Trinajstić information content (AvgIpc) is 3.36. The summed E-state index contributed by atoms with van der Waals surface area (Å²) in [5, 5.41) is 4.22. The molecule has 2 aromatic carbocycles. The predicted octanol–water partition coefficient (Wildman–Crippen LogP) is 4.57. The molecule has 0 unspecified atom stereocenters. The molecule has 0 saturated carbocycles. The van der Waals surface area contributed by atoms with Crippen LogP contribution >= 0.6 is 11.6 Å². The van der Waals surface area contributed by atoms with E-state index in [1.165, 1.54) is 6.08 Å². The fourth-order valence-corrected chi connectivity index (χ4v) is 4.53. The number of nitrogens with zero attached hydrogens (tertiary/aromatic N) is 2. The molecule has 0 spiro atoms. The number of furan rings is 1. The second-order valence-corrected chi connectivity index (χ2v) is 9.37. The van der Waals surface area contributed by atoms with Crippen LogP contribution in [0.15, 0.2) is 71.3 Å². The zero-order valence-electron chi connectivity index (χ0n) is 20.7. The molecule has 3 N–H and O–H groups in total. The van der Waals surface area contributed by atoms with Gasteiger partial charge in [-0.1, -0.05) is 23.7 Å². The van der Waals surface area contributed by atoms with E-state index in [0.29, 0.717) is 61.3 Å². The summed E-state index contributed by atoms with van der Waals surface area (Å²) in [4.78, 5) is 30.7. The van der Waals surface area contributed by atoms with Crippen molar-refractivity contribution in [1.29, 1.82) is 0 Å². The number of carbonyl (C=O) groups is 2. The lowest BCUT2D eigenvalue weighted by Gasteiger charge is -2.26. The molecule has 3 heterocycles. The van der Waals surface area contributed by atoms with Crippen molar-refractivity contribution in [3.8, 4) is 11.1 Å². The molecule has 0 bridgehead atoms. The van der Waals surface area contributed by atoms with Crippen molar-refractivity contribution in [1.82, 2.24) is 15.2 Å². The Morgan fingerprint density at radius 2 is 1.84 bits per heavy atom. The second kappa shape index (κ2) is 11.5. The average molecular weight is 531 g/mol. The number of aromatic nitrogens is 1. The number of rotatable bonds is 7. The molecular weight excluding hydrogens is 504 g/mol. The maximum absolute atomic E-state index is 12.7. The van der Waals surface area contributed by atoms with Gasteiger partial charge in [0.05, 0.1) is 18.2 Å². The highest BCUT2D eigenvalue weighted by atomic mass is 35.5. The van der Waals surface area contributed by atoms with E-state index in [0.717, 1.165) is 27.8 Å². The number of anilines is 1. The van der Waals surface area contributed by atoms with Gasteiger partial charge >= 0.3 is 0 Å². The predicted molar refractivity (Wildman–Crippen MR) is 148 cm³/mol. The maximum atomic E-state index is 12.7. The van der Waals surface area contributed by atoms with Crippen molar-refractivity contribution in [3.63, 3.8) is 0 Å². The Hall–Kier alpha value is -4.14. The third kappa shape index (κ3) is 6.04. The molecule has 9 heteroatoms. The van der Waals surface area contributed by atoms with Gasteiger partial charge < -0.3 is 25.1 Å². The summed E-state index contributed by atoms with van der Waals surface area (Å²) in [6.45, 7) is 2.77. The minimum Gasteiger partial charge on any atom is -0.459 e. The van der Waals surface area contributed by atoms with Crippen LogP contribution in [0.4, 0.5) is 5.82 Å². The molecule has 0 aliphatic carbocycles. The maximum Gasteiger partial charge on any atom is 0.254 e. The second-order valence-electron chi connectivity index (χ2n) is 8.96. The number of hydrogen-bond acceptors (Lipinski definition) is 6. The van der Waals surface area contributed by atoms with Gasteiger partial charge in [-0.15, -0.1) is 0 Å². The number of benzene rings is 2. The fraction of sp³-hybridized carbons (Fsp3) is 0.207. The Bertz CT molecular complexity index is 1470. The van der Waals surface area contributed by atoms with Crippen molar-refractivity contribution >= 4 is 46.3 Å². The van der Waals surface area contributed by atoms with Gasteiger partial charge in [-0.2, -0.15) is 0 Å². The number of nitrogens with one attached hydrogen (secondary N) is 1. The molecule has 38 heavy (non-hydrogen) atoms. The van der Waals surface area contributed by atoms with E-state index in [1.807, 2.05) is 47.4 Å². The SMILES string of the molecule is Nc1ccc(/C=C/C(=O)NCCc2cc3cc(-c4ccc(C(=O)N5CCOCC5)cc4)cc(Cl)c3o2)cn1. The Labute approximate surface area is 225 Å². The first kappa shape index (κ1) is 25.5. The van der Waals surface area contributed by atoms with Gasteiger partial charge in [0.2, 0.25) is 5.91 Å². The molecule has 2 amide bonds. The highest BCUT2D eigenvalue weighted by molar-refractivity contribution is 6.35. The van der Waals surface area contributed by atoms with Crippen molar-refractivity contribution in [2.75, 3.05) is 38.6 Å². The molecule has 194 valence electrons. The first-order chi connectivity index (χ1) is 18.5. The third-order valence-corrected chi connectivity index (χ3v) is 6.57. The van der Waals surface area contributed by atoms with Crippen LogP contribution in [0.25, 0.3) is 28.2 Å². The standard InChI is InChI=1S/C29H27ClN4O4/c30-25-17-22(20-3-5-21(6-4-20)29(36)34-11-13-37-14-12-34)15-23-16-24(38-28(23)25)9-10-32-27(35)8-2-19-1-7-26(31)33-18-19/h1-8,15-18H,9-14H2,(H2,31,33)(H,32,35)/b8-2+. The van der Waals surface area contributed by atoms with Crippen molar-refractivity contribution in [2.24, 2.45) is 0 Å². The quantitative estimate of drug-likeness (QED) is 0.338. The van der Waals surface area contributed by atoms with E-state index in [1.54, 1.807) is 24.4 Å². The Kier molecular flexibility index (Phi) is 7.72. The lowest BCUT2D eigenvalue weighted by molar-refractivity contribution is -0.116. The summed E-state index contributed by atoms with van der Waals surface area (Å²) < 4.78 is 11.3. The zero-order chi connectivity index (χ0) is 26.5. The first-order valence-corrected chi connectivity index (χ1v) is 12.7. The summed E-state index contributed by atoms with van der Waals surface area (Å²) in [7, 11) is 0. The number of amides is 2. The number of hydrogen-bond donors (Lipinski definition) is 2. The number of nitrogens with two attached hydrogens (primary N) is 1. The van der Waals surface area contributed by atoms with E-state index >= 15 is 0 Å². The van der Waals surface area contributed by atoms with Gasteiger partial charge in [0.15, 0.2) is 5.58 Å². The minimum absolute atomic E-state index is 0.0117. The van der Waals surface area contributed by atoms with Crippen LogP contribution < -0.4 is 11.1 Å². The van der Waals surface area contributed by atoms with Crippen LogP contribution in [0.5, 0.6) is 0 Å².